The summed E-state index contributed by atoms with van der Waals surface area (Å²) >= 11 is 1.16. The van der Waals surface area contributed by atoms with Gasteiger partial charge in [-0.05, 0) is 18.2 Å². The van der Waals surface area contributed by atoms with E-state index in [-0.39, 0.29) is 17.6 Å². The lowest BCUT2D eigenvalue weighted by Gasteiger charge is -2.07. The monoisotopic (exact) mass is 306 g/mol. The number of rotatable bonds is 5. The summed E-state index contributed by atoms with van der Waals surface area (Å²) in [5.41, 5.74) is 1.23. The second kappa shape index (κ2) is 6.89. The SMILES string of the molecule is CC(=O)Nc1cccc(NC(=O)CSc2nnc(C)o2)c1. The van der Waals surface area contributed by atoms with Crippen LogP contribution in [0, 0.1) is 6.92 Å². The molecule has 0 aliphatic rings. The predicted octanol–water partition coefficient (Wildman–Crippen LogP) is 2.07. The number of nitrogens with one attached hydrogen (secondary N) is 2. The molecule has 0 radical (unpaired) electrons. The molecule has 110 valence electrons. The van der Waals surface area contributed by atoms with Crippen LogP contribution in [-0.4, -0.2) is 27.8 Å². The number of aromatic nitrogens is 2. The molecule has 0 fully saturated rings. The molecule has 0 aliphatic carbocycles. The van der Waals surface area contributed by atoms with Crippen molar-refractivity contribution in [3.8, 4) is 0 Å². The Bertz CT molecular complexity index is 656. The summed E-state index contributed by atoms with van der Waals surface area (Å²) in [5.74, 6) is 0.254. The fraction of sp³-hybridized carbons (Fsp3) is 0.231. The van der Waals surface area contributed by atoms with Crippen molar-refractivity contribution in [3.05, 3.63) is 30.2 Å². The molecule has 0 aliphatic heterocycles. The van der Waals surface area contributed by atoms with Crippen LogP contribution < -0.4 is 10.6 Å². The van der Waals surface area contributed by atoms with Gasteiger partial charge in [0.2, 0.25) is 17.7 Å². The summed E-state index contributed by atoms with van der Waals surface area (Å²) in [6, 6.07) is 6.91. The van der Waals surface area contributed by atoms with Crippen molar-refractivity contribution in [1.82, 2.24) is 10.2 Å². The van der Waals surface area contributed by atoms with Crippen molar-refractivity contribution in [1.29, 1.82) is 0 Å². The van der Waals surface area contributed by atoms with Gasteiger partial charge in [0.15, 0.2) is 0 Å². The van der Waals surface area contributed by atoms with Gasteiger partial charge in [-0.15, -0.1) is 10.2 Å². The van der Waals surface area contributed by atoms with Crippen LogP contribution in [0.1, 0.15) is 12.8 Å². The molecule has 0 atom stereocenters. The van der Waals surface area contributed by atoms with Gasteiger partial charge in [-0.2, -0.15) is 0 Å². The summed E-state index contributed by atoms with van der Waals surface area (Å²) in [5, 5.41) is 13.2. The average Bonchev–Trinajstić information content (AvgIpc) is 2.82. The van der Waals surface area contributed by atoms with Gasteiger partial charge in [-0.1, -0.05) is 17.8 Å². The maximum atomic E-state index is 11.8. The molecule has 2 N–H and O–H groups in total. The standard InChI is InChI=1S/C13H14N4O3S/c1-8(18)14-10-4-3-5-11(6-10)15-12(19)7-21-13-17-16-9(2)20-13/h3-6H,7H2,1-2H3,(H,14,18)(H,15,19). The van der Waals surface area contributed by atoms with E-state index < -0.39 is 0 Å². The van der Waals surface area contributed by atoms with Crippen LogP contribution in [0.4, 0.5) is 11.4 Å². The van der Waals surface area contributed by atoms with Crippen molar-refractivity contribution < 1.29 is 14.0 Å². The molecule has 1 aromatic heterocycles. The lowest BCUT2D eigenvalue weighted by molar-refractivity contribution is -0.114. The third kappa shape index (κ3) is 4.92. The summed E-state index contributed by atoms with van der Waals surface area (Å²) in [7, 11) is 0. The highest BCUT2D eigenvalue weighted by molar-refractivity contribution is 7.99. The Morgan fingerprint density at radius 1 is 1.24 bits per heavy atom. The van der Waals surface area contributed by atoms with E-state index in [1.54, 1.807) is 31.2 Å². The first kappa shape index (κ1) is 15.0. The zero-order valence-corrected chi connectivity index (χ0v) is 12.4. The molecule has 0 saturated carbocycles. The zero-order valence-electron chi connectivity index (χ0n) is 11.5. The first-order chi connectivity index (χ1) is 10.0. The normalized spacial score (nSPS) is 10.2. The van der Waals surface area contributed by atoms with Crippen molar-refractivity contribution in [2.45, 2.75) is 19.1 Å². The minimum Gasteiger partial charge on any atom is -0.416 e. The molecule has 0 unspecified atom stereocenters. The van der Waals surface area contributed by atoms with E-state index in [1.807, 2.05) is 0 Å². The van der Waals surface area contributed by atoms with Gasteiger partial charge < -0.3 is 15.1 Å². The first-order valence-electron chi connectivity index (χ1n) is 6.13. The van der Waals surface area contributed by atoms with Crippen LogP contribution >= 0.6 is 11.8 Å². The van der Waals surface area contributed by atoms with Crippen molar-refractivity contribution in [2.24, 2.45) is 0 Å². The molecule has 1 heterocycles. The summed E-state index contributed by atoms with van der Waals surface area (Å²) in [6.45, 7) is 3.11. The molecule has 1 aromatic carbocycles. The minimum atomic E-state index is -0.198. The maximum Gasteiger partial charge on any atom is 0.277 e. The number of thioether (sulfide) groups is 1. The fourth-order valence-electron chi connectivity index (χ4n) is 1.54. The lowest BCUT2D eigenvalue weighted by atomic mass is 10.2. The van der Waals surface area contributed by atoms with Gasteiger partial charge in [-0.3, -0.25) is 9.59 Å². The Kier molecular flexibility index (Phi) is 4.94. The third-order valence-corrected chi connectivity index (χ3v) is 3.12. The van der Waals surface area contributed by atoms with E-state index in [0.717, 1.165) is 11.8 Å². The van der Waals surface area contributed by atoms with Gasteiger partial charge in [0.05, 0.1) is 5.75 Å². The second-order valence-electron chi connectivity index (χ2n) is 4.19. The average molecular weight is 306 g/mol. The van der Waals surface area contributed by atoms with E-state index in [1.165, 1.54) is 6.92 Å². The number of hydrogen-bond acceptors (Lipinski definition) is 6. The number of carbonyl (C=O) groups excluding carboxylic acids is 2. The van der Waals surface area contributed by atoms with E-state index in [2.05, 4.69) is 20.8 Å². The van der Waals surface area contributed by atoms with Gasteiger partial charge in [0.25, 0.3) is 5.22 Å². The molecule has 7 nitrogen and oxygen atoms in total. The summed E-state index contributed by atoms with van der Waals surface area (Å²) in [6.07, 6.45) is 0. The Morgan fingerprint density at radius 3 is 2.57 bits per heavy atom. The van der Waals surface area contributed by atoms with Crippen LogP contribution in [0.25, 0.3) is 0 Å². The van der Waals surface area contributed by atoms with E-state index in [4.69, 9.17) is 4.42 Å². The molecule has 0 bridgehead atoms. The van der Waals surface area contributed by atoms with Crippen molar-refractivity contribution in [2.75, 3.05) is 16.4 Å². The quantitative estimate of drug-likeness (QED) is 0.821. The highest BCUT2D eigenvalue weighted by Crippen LogP contribution is 2.18. The largest absolute Gasteiger partial charge is 0.416 e. The van der Waals surface area contributed by atoms with Crippen LogP contribution in [0.15, 0.2) is 33.9 Å². The highest BCUT2D eigenvalue weighted by Gasteiger charge is 2.08. The van der Waals surface area contributed by atoms with E-state index >= 15 is 0 Å². The topological polar surface area (TPSA) is 97.1 Å². The molecule has 0 spiro atoms. The van der Waals surface area contributed by atoms with E-state index in [0.29, 0.717) is 22.5 Å². The van der Waals surface area contributed by atoms with Crippen LogP contribution in [0.3, 0.4) is 0 Å². The number of carbonyl (C=O) groups is 2. The summed E-state index contributed by atoms with van der Waals surface area (Å²) in [4.78, 5) is 22.8. The summed E-state index contributed by atoms with van der Waals surface area (Å²) < 4.78 is 5.16. The second-order valence-corrected chi connectivity index (χ2v) is 5.11. The molecule has 0 saturated heterocycles. The smallest absolute Gasteiger partial charge is 0.277 e. The third-order valence-electron chi connectivity index (χ3n) is 2.30. The Morgan fingerprint density at radius 2 is 1.95 bits per heavy atom. The predicted molar refractivity (Wildman–Crippen MR) is 79.1 cm³/mol. The van der Waals surface area contributed by atoms with Crippen LogP contribution in [-0.2, 0) is 9.59 Å². The number of benzene rings is 1. The molecule has 2 amide bonds. The Balaban J connectivity index is 1.88. The molecular formula is C13H14N4O3S. The van der Waals surface area contributed by atoms with E-state index in [9.17, 15) is 9.59 Å². The number of anilines is 2. The van der Waals surface area contributed by atoms with Gasteiger partial charge in [-0.25, -0.2) is 0 Å². The van der Waals surface area contributed by atoms with Gasteiger partial charge in [0.1, 0.15) is 0 Å². The van der Waals surface area contributed by atoms with Crippen LogP contribution in [0.2, 0.25) is 0 Å². The van der Waals surface area contributed by atoms with Crippen molar-refractivity contribution in [3.63, 3.8) is 0 Å². The number of hydrogen-bond donors (Lipinski definition) is 2. The van der Waals surface area contributed by atoms with Crippen LogP contribution in [0.5, 0.6) is 0 Å². The molecular weight excluding hydrogens is 292 g/mol. The highest BCUT2D eigenvalue weighted by atomic mass is 32.2. The molecule has 21 heavy (non-hydrogen) atoms. The molecule has 8 heteroatoms. The molecule has 2 aromatic rings. The van der Waals surface area contributed by atoms with Gasteiger partial charge in [0, 0.05) is 25.2 Å². The first-order valence-corrected chi connectivity index (χ1v) is 7.12. The van der Waals surface area contributed by atoms with Crippen molar-refractivity contribution >= 4 is 35.0 Å². The molecule has 2 rings (SSSR count). The Labute approximate surface area is 125 Å². The lowest BCUT2D eigenvalue weighted by Crippen LogP contribution is -2.14. The van der Waals surface area contributed by atoms with Gasteiger partial charge >= 0.3 is 0 Å². The zero-order chi connectivity index (χ0) is 15.2. The maximum absolute atomic E-state index is 11.8. The number of aryl methyl sites for hydroxylation is 1. The Hall–Kier alpha value is -2.35. The number of nitrogens with zero attached hydrogens (tertiary/aromatic N) is 2. The fourth-order valence-corrected chi connectivity index (χ4v) is 2.14. The number of amides is 2. The minimum absolute atomic E-state index is 0.159.